The molecule has 7 nitrogen and oxygen atoms in total. The number of nitrogens with one attached hydrogen (secondary N) is 2. The van der Waals surface area contributed by atoms with Crippen molar-refractivity contribution in [1.82, 2.24) is 15.5 Å². The highest BCUT2D eigenvalue weighted by atomic mass is 16.5. The van der Waals surface area contributed by atoms with E-state index in [9.17, 15) is 4.79 Å². The van der Waals surface area contributed by atoms with E-state index in [-0.39, 0.29) is 6.03 Å². The Labute approximate surface area is 184 Å². The zero-order valence-corrected chi connectivity index (χ0v) is 17.1. The van der Waals surface area contributed by atoms with E-state index in [0.717, 1.165) is 21.9 Å². The van der Waals surface area contributed by atoms with Gasteiger partial charge in [-0.3, -0.25) is 0 Å². The van der Waals surface area contributed by atoms with Gasteiger partial charge in [0.25, 0.3) is 0 Å². The molecule has 158 valence electrons. The average molecular weight is 424 g/mol. The van der Waals surface area contributed by atoms with Gasteiger partial charge in [-0.15, -0.1) is 0 Å². The number of carbonyl (C=O) groups excluding carboxylic acids is 1. The molecule has 5 rings (SSSR count). The lowest BCUT2D eigenvalue weighted by molar-refractivity contribution is 0.251. The molecule has 0 saturated heterocycles. The lowest BCUT2D eigenvalue weighted by Crippen LogP contribution is -2.28. The largest absolute Gasteiger partial charge is 0.461 e. The van der Waals surface area contributed by atoms with Gasteiger partial charge in [0.05, 0.1) is 12.7 Å². The fourth-order valence-corrected chi connectivity index (χ4v) is 3.58. The molecule has 0 bridgehead atoms. The summed E-state index contributed by atoms with van der Waals surface area (Å²) in [7, 11) is 0. The summed E-state index contributed by atoms with van der Waals surface area (Å²) in [6, 6.07) is 25.0. The second-order valence-electron chi connectivity index (χ2n) is 7.27. The highest BCUT2D eigenvalue weighted by molar-refractivity contribution is 5.91. The van der Waals surface area contributed by atoms with Crippen molar-refractivity contribution >= 4 is 22.5 Å². The monoisotopic (exact) mass is 424 g/mol. The maximum atomic E-state index is 12.6. The predicted octanol–water partition coefficient (Wildman–Crippen LogP) is 5.40. The third-order valence-electron chi connectivity index (χ3n) is 5.14. The summed E-state index contributed by atoms with van der Waals surface area (Å²) in [6.07, 6.45) is 1.94. The first-order chi connectivity index (χ1) is 15.8. The highest BCUT2D eigenvalue weighted by Crippen LogP contribution is 2.22. The number of para-hydroxylation sites is 1. The van der Waals surface area contributed by atoms with Crippen LogP contribution in [0, 0.1) is 0 Å². The fraction of sp³-hybridized carbons (Fsp3) is 0.0800. The Morgan fingerprint density at radius 3 is 2.59 bits per heavy atom. The van der Waals surface area contributed by atoms with E-state index in [1.165, 1.54) is 0 Å². The number of anilines is 1. The molecule has 0 aliphatic rings. The molecule has 2 aromatic heterocycles. The van der Waals surface area contributed by atoms with Gasteiger partial charge in [0.1, 0.15) is 0 Å². The highest BCUT2D eigenvalue weighted by Gasteiger charge is 2.14. The number of nitrogens with zero attached hydrogens (tertiary/aromatic N) is 2. The summed E-state index contributed by atoms with van der Waals surface area (Å²) in [5.74, 6) is 1.37. The zero-order chi connectivity index (χ0) is 21.8. The van der Waals surface area contributed by atoms with E-state index < -0.39 is 0 Å². The zero-order valence-electron chi connectivity index (χ0n) is 17.1. The van der Waals surface area contributed by atoms with Crippen LogP contribution >= 0.6 is 0 Å². The van der Waals surface area contributed by atoms with Gasteiger partial charge in [0.15, 0.2) is 5.76 Å². The first-order valence-corrected chi connectivity index (χ1v) is 10.2. The molecule has 0 radical (unpaired) electrons. The molecule has 0 spiro atoms. The third-order valence-corrected chi connectivity index (χ3v) is 5.14. The van der Waals surface area contributed by atoms with Crippen LogP contribution in [0.2, 0.25) is 0 Å². The van der Waals surface area contributed by atoms with Crippen molar-refractivity contribution in [3.05, 3.63) is 102 Å². The Kier molecular flexibility index (Phi) is 5.36. The van der Waals surface area contributed by atoms with Crippen molar-refractivity contribution < 1.29 is 13.7 Å². The lowest BCUT2D eigenvalue weighted by atomic mass is 10.0. The minimum Gasteiger partial charge on any atom is -0.461 e. The molecule has 0 unspecified atom stereocenters. The Morgan fingerprint density at radius 1 is 0.875 bits per heavy atom. The fourth-order valence-electron chi connectivity index (χ4n) is 3.58. The summed E-state index contributed by atoms with van der Waals surface area (Å²) in [5, 5.41) is 12.1. The van der Waals surface area contributed by atoms with Crippen molar-refractivity contribution in [3.63, 3.8) is 0 Å². The number of hydrogen-bond acceptors (Lipinski definition) is 5. The molecular formula is C25H20N4O3. The van der Waals surface area contributed by atoms with Gasteiger partial charge in [-0.25, -0.2) is 4.79 Å². The maximum absolute atomic E-state index is 12.6. The molecule has 2 heterocycles. The van der Waals surface area contributed by atoms with Crippen LogP contribution in [-0.4, -0.2) is 16.2 Å². The normalized spacial score (nSPS) is 10.9. The van der Waals surface area contributed by atoms with Gasteiger partial charge in [0.2, 0.25) is 11.7 Å². The van der Waals surface area contributed by atoms with Gasteiger partial charge >= 0.3 is 6.03 Å². The molecule has 5 aromatic rings. The molecular weight excluding hydrogens is 404 g/mol. The maximum Gasteiger partial charge on any atom is 0.319 e. The minimum absolute atomic E-state index is 0.285. The van der Waals surface area contributed by atoms with Gasteiger partial charge in [-0.2, -0.15) is 4.98 Å². The van der Waals surface area contributed by atoms with Crippen molar-refractivity contribution in [2.24, 2.45) is 0 Å². The number of amides is 2. The van der Waals surface area contributed by atoms with Crippen LogP contribution in [0.4, 0.5) is 10.5 Å². The van der Waals surface area contributed by atoms with Crippen molar-refractivity contribution in [2.45, 2.75) is 13.0 Å². The van der Waals surface area contributed by atoms with Crippen molar-refractivity contribution in [1.29, 1.82) is 0 Å². The lowest BCUT2D eigenvalue weighted by Gasteiger charge is -2.12. The molecule has 32 heavy (non-hydrogen) atoms. The van der Waals surface area contributed by atoms with Crippen LogP contribution in [0.25, 0.3) is 22.4 Å². The van der Waals surface area contributed by atoms with Crippen LogP contribution < -0.4 is 10.6 Å². The standard InChI is InChI=1S/C25H20N4O3/c30-25(26-16-19-10-5-9-17-7-1-3-11-20(17)19)27-21-12-4-2-8-18(21)15-23-28-24(29-32-23)22-13-6-14-31-22/h1-14H,15-16H2,(H2,26,27,30). The molecule has 2 N–H and O–H groups in total. The van der Waals surface area contributed by atoms with E-state index in [2.05, 4.69) is 39.0 Å². The van der Waals surface area contributed by atoms with E-state index in [1.807, 2.05) is 48.5 Å². The van der Waals surface area contributed by atoms with Crippen LogP contribution in [0.1, 0.15) is 17.0 Å². The SMILES string of the molecule is O=C(NCc1cccc2ccccc12)Nc1ccccc1Cc1nc(-c2ccco2)no1. The molecule has 0 aliphatic carbocycles. The Morgan fingerprint density at radius 2 is 1.69 bits per heavy atom. The molecule has 0 aliphatic heterocycles. The third kappa shape index (κ3) is 4.22. The first-order valence-electron chi connectivity index (χ1n) is 10.2. The Balaban J connectivity index is 1.26. The number of fused-ring (bicyclic) bond motifs is 1. The number of carbonyl (C=O) groups is 1. The van der Waals surface area contributed by atoms with Gasteiger partial charge < -0.3 is 19.6 Å². The topological polar surface area (TPSA) is 93.2 Å². The van der Waals surface area contributed by atoms with Crippen molar-refractivity contribution in [3.8, 4) is 11.6 Å². The second kappa shape index (κ2) is 8.77. The number of hydrogen-bond donors (Lipinski definition) is 2. The quantitative estimate of drug-likeness (QED) is 0.381. The number of furan rings is 1. The van der Waals surface area contributed by atoms with Gasteiger partial charge in [0, 0.05) is 12.2 Å². The number of urea groups is 1. The van der Waals surface area contributed by atoms with Crippen LogP contribution in [0.3, 0.4) is 0 Å². The van der Waals surface area contributed by atoms with Gasteiger partial charge in [-0.05, 0) is 40.1 Å². The molecule has 3 aromatic carbocycles. The number of rotatable bonds is 6. The number of benzene rings is 3. The summed E-state index contributed by atoms with van der Waals surface area (Å²) in [6.45, 7) is 0.422. The summed E-state index contributed by atoms with van der Waals surface area (Å²) in [5.41, 5.74) is 2.60. The average Bonchev–Trinajstić information content (AvgIpc) is 3.51. The number of aromatic nitrogens is 2. The molecule has 2 amide bonds. The summed E-state index contributed by atoms with van der Waals surface area (Å²) >= 11 is 0. The van der Waals surface area contributed by atoms with Crippen LogP contribution in [0.5, 0.6) is 0 Å². The summed E-state index contributed by atoms with van der Waals surface area (Å²) < 4.78 is 10.6. The van der Waals surface area contributed by atoms with Crippen molar-refractivity contribution in [2.75, 3.05) is 5.32 Å². The van der Waals surface area contributed by atoms with E-state index >= 15 is 0 Å². The summed E-state index contributed by atoms with van der Waals surface area (Å²) in [4.78, 5) is 17.0. The Hall–Kier alpha value is -4.39. The smallest absolute Gasteiger partial charge is 0.319 e. The Bertz CT molecular complexity index is 1350. The second-order valence-corrected chi connectivity index (χ2v) is 7.27. The predicted molar refractivity (Wildman–Crippen MR) is 121 cm³/mol. The van der Waals surface area contributed by atoms with Crippen LogP contribution in [0.15, 0.2) is 94.1 Å². The van der Waals surface area contributed by atoms with E-state index in [4.69, 9.17) is 8.94 Å². The molecule has 7 heteroatoms. The molecule has 0 fully saturated rings. The minimum atomic E-state index is -0.285. The van der Waals surface area contributed by atoms with Crippen LogP contribution in [-0.2, 0) is 13.0 Å². The first kappa shape index (κ1) is 19.6. The van der Waals surface area contributed by atoms with E-state index in [1.54, 1.807) is 18.4 Å². The van der Waals surface area contributed by atoms with E-state index in [0.29, 0.717) is 36.1 Å². The molecule has 0 atom stereocenters. The van der Waals surface area contributed by atoms with Gasteiger partial charge in [-0.1, -0.05) is 65.8 Å². The molecule has 0 saturated carbocycles.